The molecule has 2 aliphatic heterocycles. The maximum absolute atomic E-state index is 12.9. The summed E-state index contributed by atoms with van der Waals surface area (Å²) in [7, 11) is 1.52. The second-order valence-corrected chi connectivity index (χ2v) is 11.4. The van der Waals surface area contributed by atoms with E-state index in [2.05, 4.69) is 30.0 Å². The van der Waals surface area contributed by atoms with Crippen LogP contribution in [-0.4, -0.2) is 47.3 Å². The largest absolute Gasteiger partial charge is 0.493 e. The molecule has 0 atom stereocenters. The lowest BCUT2D eigenvalue weighted by molar-refractivity contribution is -0.114. The van der Waals surface area contributed by atoms with Gasteiger partial charge in [-0.25, -0.2) is 0 Å². The number of rotatable bonds is 14. The fourth-order valence-corrected chi connectivity index (χ4v) is 5.76. The lowest BCUT2D eigenvalue weighted by Crippen LogP contribution is -2.35. The Balaban J connectivity index is 1.41. The van der Waals surface area contributed by atoms with E-state index in [1.165, 1.54) is 48.7 Å². The number of carbonyl (C=O) groups is 1. The lowest BCUT2D eigenvalue weighted by atomic mass is 10.1. The smallest absolute Gasteiger partial charge is 0.283 e. The first-order valence-electron chi connectivity index (χ1n) is 14.1. The van der Waals surface area contributed by atoms with Crippen molar-refractivity contribution in [3.8, 4) is 17.2 Å². The Morgan fingerprint density at radius 1 is 1.05 bits per heavy atom. The van der Waals surface area contributed by atoms with Crippen LogP contribution in [-0.2, 0) is 11.2 Å². The molecule has 0 aliphatic carbocycles. The molecule has 0 saturated heterocycles. The van der Waals surface area contributed by atoms with Crippen molar-refractivity contribution >= 4 is 51.4 Å². The highest BCUT2D eigenvalue weighted by Crippen LogP contribution is 2.38. The fraction of sp³-hybridized carbons (Fsp3) is 0.419. The number of hydrogen-bond donors (Lipinski definition) is 1. The Morgan fingerprint density at radius 3 is 2.59 bits per heavy atom. The van der Waals surface area contributed by atoms with Crippen LogP contribution >= 0.6 is 23.4 Å². The minimum atomic E-state index is -0.483. The third kappa shape index (κ3) is 7.92. The maximum atomic E-state index is 12.9. The van der Waals surface area contributed by atoms with Gasteiger partial charge in [-0.2, -0.15) is 15.1 Å². The molecule has 0 fully saturated rings. The van der Waals surface area contributed by atoms with Crippen molar-refractivity contribution in [1.82, 2.24) is 5.01 Å². The Kier molecular flexibility index (Phi) is 10.9. The van der Waals surface area contributed by atoms with Gasteiger partial charge in [-0.15, -0.1) is 0 Å². The van der Waals surface area contributed by atoms with Crippen LogP contribution in [0, 0.1) is 12.3 Å². The van der Waals surface area contributed by atoms with Crippen LogP contribution in [0.4, 0.5) is 0 Å². The Labute approximate surface area is 251 Å². The normalized spacial score (nSPS) is 15.6. The van der Waals surface area contributed by atoms with E-state index in [4.69, 9.17) is 31.2 Å². The lowest BCUT2D eigenvalue weighted by Gasteiger charge is -2.20. The minimum Gasteiger partial charge on any atom is -0.493 e. The highest BCUT2D eigenvalue weighted by atomic mass is 35.5. The molecule has 1 amide bonds. The molecule has 1 N–H and O–H groups in total. The highest BCUT2D eigenvalue weighted by molar-refractivity contribution is 8.26. The number of aliphatic imine (C=N–C) groups is 1. The van der Waals surface area contributed by atoms with E-state index in [1.54, 1.807) is 18.2 Å². The number of halogens is 1. The molecule has 0 aromatic heterocycles. The number of amides is 1. The van der Waals surface area contributed by atoms with Gasteiger partial charge in [-0.3, -0.25) is 10.2 Å². The first-order chi connectivity index (χ1) is 19.8. The van der Waals surface area contributed by atoms with Crippen LogP contribution in [0.2, 0.25) is 5.02 Å². The molecule has 2 heterocycles. The Bertz CT molecular complexity index is 1390. The molecule has 0 spiro atoms. The van der Waals surface area contributed by atoms with Crippen LogP contribution in [0.25, 0.3) is 6.08 Å². The average molecular weight is 597 g/mol. The number of carbonyl (C=O) groups excluding carboxylic acids is 1. The number of nitrogens with one attached hydrogen (secondary N) is 1. The number of hydrazone groups is 1. The zero-order chi connectivity index (χ0) is 29.4. The summed E-state index contributed by atoms with van der Waals surface area (Å²) in [4.78, 5) is 17.1. The van der Waals surface area contributed by atoms with Crippen molar-refractivity contribution in [2.45, 2.75) is 65.7 Å². The summed E-state index contributed by atoms with van der Waals surface area (Å²) in [5.74, 6) is 1.10. The SMILES string of the molecule is CCCCCCCC1=NN2C(=N)/C(=C/c3cc(Cl)c(OCCOc4cc(C)cc(CC)c4)c(OC)c3)C(=O)N=C2S1. The molecule has 10 heteroatoms. The summed E-state index contributed by atoms with van der Waals surface area (Å²) in [6.07, 6.45) is 9.14. The molecule has 0 saturated carbocycles. The van der Waals surface area contributed by atoms with Crippen LogP contribution < -0.4 is 14.2 Å². The number of nitrogens with zero attached hydrogens (tertiary/aromatic N) is 3. The Hall–Kier alpha value is -3.30. The van der Waals surface area contributed by atoms with Crippen molar-refractivity contribution in [1.29, 1.82) is 5.41 Å². The molecule has 41 heavy (non-hydrogen) atoms. The van der Waals surface area contributed by atoms with Crippen molar-refractivity contribution in [2.75, 3.05) is 20.3 Å². The zero-order valence-corrected chi connectivity index (χ0v) is 25.7. The van der Waals surface area contributed by atoms with E-state index in [1.807, 2.05) is 19.1 Å². The number of ether oxygens (including phenoxy) is 3. The number of unbranched alkanes of at least 4 members (excludes halogenated alkanes) is 4. The summed E-state index contributed by atoms with van der Waals surface area (Å²) >= 11 is 7.94. The van der Waals surface area contributed by atoms with Gasteiger partial charge in [-0.05, 0) is 85.0 Å². The molecule has 0 unspecified atom stereocenters. The summed E-state index contributed by atoms with van der Waals surface area (Å²) < 4.78 is 17.3. The van der Waals surface area contributed by atoms with Gasteiger partial charge in [0.1, 0.15) is 24.0 Å². The Morgan fingerprint density at radius 2 is 1.83 bits per heavy atom. The standard InChI is InChI=1S/C31H37ClN4O4S/c1-5-7-8-9-10-11-27-35-36-29(33)24(30(37)34-31(36)41-27)17-22-18-25(32)28(26(19-22)38-4)40-13-12-39-23-15-20(3)14-21(6-2)16-23/h14-19,33H,5-13H2,1-4H3/b24-17-,33-29?. The molecule has 218 valence electrons. The van der Waals surface area contributed by atoms with E-state index in [-0.39, 0.29) is 18.0 Å². The summed E-state index contributed by atoms with van der Waals surface area (Å²) in [6.45, 7) is 6.94. The van der Waals surface area contributed by atoms with Crippen molar-refractivity contribution < 1.29 is 19.0 Å². The number of amidine groups is 2. The number of benzene rings is 2. The van der Waals surface area contributed by atoms with Crippen LogP contribution in [0.5, 0.6) is 17.2 Å². The first kappa shape index (κ1) is 30.7. The number of methoxy groups -OCH3 is 1. The predicted molar refractivity (Wildman–Crippen MR) is 168 cm³/mol. The minimum absolute atomic E-state index is 0.0107. The van der Waals surface area contributed by atoms with Gasteiger partial charge < -0.3 is 14.2 Å². The molecular weight excluding hydrogens is 560 g/mol. The maximum Gasteiger partial charge on any atom is 0.283 e. The topological polar surface area (TPSA) is 96.6 Å². The third-order valence-corrected chi connectivity index (χ3v) is 7.92. The zero-order valence-electron chi connectivity index (χ0n) is 24.1. The molecule has 0 bridgehead atoms. The summed E-state index contributed by atoms with van der Waals surface area (Å²) in [6, 6.07) is 9.55. The second kappa shape index (κ2) is 14.5. The van der Waals surface area contributed by atoms with Gasteiger partial charge in [0.25, 0.3) is 5.91 Å². The molecule has 8 nitrogen and oxygen atoms in total. The second-order valence-electron chi connectivity index (χ2n) is 9.92. The van der Waals surface area contributed by atoms with E-state index in [9.17, 15) is 4.79 Å². The van der Waals surface area contributed by atoms with Crippen LogP contribution in [0.1, 0.15) is 69.1 Å². The van der Waals surface area contributed by atoms with E-state index >= 15 is 0 Å². The monoisotopic (exact) mass is 596 g/mol. The van der Waals surface area contributed by atoms with Gasteiger partial charge in [0.05, 0.1) is 17.7 Å². The predicted octanol–water partition coefficient (Wildman–Crippen LogP) is 7.66. The quantitative estimate of drug-likeness (QED) is 0.178. The molecule has 4 rings (SSSR count). The van der Waals surface area contributed by atoms with Crippen LogP contribution in [0.3, 0.4) is 0 Å². The number of thioether (sulfide) groups is 1. The molecule has 0 radical (unpaired) electrons. The molecule has 2 aromatic rings. The third-order valence-electron chi connectivity index (χ3n) is 6.67. The van der Waals surface area contributed by atoms with Gasteiger partial charge in [0.15, 0.2) is 17.3 Å². The van der Waals surface area contributed by atoms with Gasteiger partial charge in [-0.1, -0.05) is 57.2 Å². The van der Waals surface area contributed by atoms with Crippen molar-refractivity contribution in [3.05, 3.63) is 57.6 Å². The number of hydrogen-bond acceptors (Lipinski definition) is 7. The summed E-state index contributed by atoms with van der Waals surface area (Å²) in [5.41, 5.74) is 3.08. The van der Waals surface area contributed by atoms with E-state index in [0.29, 0.717) is 33.9 Å². The molecular formula is C31H37ClN4O4S. The summed E-state index contributed by atoms with van der Waals surface area (Å²) in [5, 5.41) is 16.3. The first-order valence-corrected chi connectivity index (χ1v) is 15.2. The van der Waals surface area contributed by atoms with Gasteiger partial charge in [0, 0.05) is 0 Å². The van der Waals surface area contributed by atoms with E-state index < -0.39 is 5.91 Å². The number of aryl methyl sites for hydroxylation is 2. The van der Waals surface area contributed by atoms with Crippen molar-refractivity contribution in [3.63, 3.8) is 0 Å². The molecule has 2 aromatic carbocycles. The van der Waals surface area contributed by atoms with E-state index in [0.717, 1.165) is 42.0 Å². The number of fused-ring (bicyclic) bond motifs is 1. The van der Waals surface area contributed by atoms with Gasteiger partial charge in [0.2, 0.25) is 5.17 Å². The fourth-order valence-electron chi connectivity index (χ4n) is 4.56. The van der Waals surface area contributed by atoms with Gasteiger partial charge >= 0.3 is 0 Å². The van der Waals surface area contributed by atoms with Crippen LogP contribution in [0.15, 0.2) is 46.0 Å². The van der Waals surface area contributed by atoms with Crippen molar-refractivity contribution in [2.24, 2.45) is 10.1 Å². The average Bonchev–Trinajstić information content (AvgIpc) is 3.36. The highest BCUT2D eigenvalue weighted by Gasteiger charge is 2.35. The molecule has 2 aliphatic rings.